The zero-order valence-electron chi connectivity index (χ0n) is 8.92. The second-order valence-corrected chi connectivity index (χ2v) is 5.10. The first-order chi connectivity index (χ1) is 7.19. The summed E-state index contributed by atoms with van der Waals surface area (Å²) in [5.74, 6) is 0. The van der Waals surface area contributed by atoms with Crippen molar-refractivity contribution in [2.24, 2.45) is 5.73 Å². The topological polar surface area (TPSA) is 35.2 Å². The van der Waals surface area contributed by atoms with Gasteiger partial charge in [-0.25, -0.2) is 0 Å². The van der Waals surface area contributed by atoms with E-state index < -0.39 is 0 Å². The summed E-state index contributed by atoms with van der Waals surface area (Å²) >= 11 is 3.50. The lowest BCUT2D eigenvalue weighted by molar-refractivity contribution is -0.0134. The van der Waals surface area contributed by atoms with E-state index in [0.29, 0.717) is 6.54 Å². The maximum absolute atomic E-state index is 5.80. The summed E-state index contributed by atoms with van der Waals surface area (Å²) < 4.78 is 6.73. The monoisotopic (exact) mass is 269 g/mol. The first-order valence-corrected chi connectivity index (χ1v) is 6.01. The van der Waals surface area contributed by atoms with Gasteiger partial charge in [0.15, 0.2) is 0 Å². The van der Waals surface area contributed by atoms with E-state index in [9.17, 15) is 0 Å². The number of rotatable bonds is 2. The summed E-state index contributed by atoms with van der Waals surface area (Å²) in [4.78, 5) is 0. The molecule has 1 aromatic carbocycles. The fourth-order valence-corrected chi connectivity index (χ4v) is 2.64. The van der Waals surface area contributed by atoms with Gasteiger partial charge in [-0.1, -0.05) is 22.0 Å². The van der Waals surface area contributed by atoms with Gasteiger partial charge in [-0.3, -0.25) is 0 Å². The van der Waals surface area contributed by atoms with Crippen LogP contribution >= 0.6 is 15.9 Å². The van der Waals surface area contributed by atoms with Gasteiger partial charge in [0.05, 0.1) is 5.60 Å². The molecule has 1 aliphatic carbocycles. The second-order valence-electron chi connectivity index (χ2n) is 4.18. The molecule has 0 fully saturated rings. The molecule has 0 saturated heterocycles. The molecule has 0 aliphatic heterocycles. The fraction of sp³-hybridized carbons (Fsp3) is 0.500. The van der Waals surface area contributed by atoms with Crippen LogP contribution in [0.15, 0.2) is 22.7 Å². The molecule has 2 N–H and O–H groups in total. The molecule has 0 heterocycles. The molecule has 1 atom stereocenters. The maximum Gasteiger partial charge on any atom is 0.0843 e. The van der Waals surface area contributed by atoms with Crippen molar-refractivity contribution in [1.82, 2.24) is 0 Å². The Morgan fingerprint density at radius 3 is 2.93 bits per heavy atom. The van der Waals surface area contributed by atoms with Crippen molar-refractivity contribution < 1.29 is 4.74 Å². The molecule has 3 heteroatoms. The molecule has 0 saturated carbocycles. The molecule has 0 amide bonds. The standard InChI is InChI=1S/C12H16BrNO/c1-15-12(8-14)5-4-9-6-11(13)3-2-10(9)7-12/h2-3,6H,4-5,7-8,14H2,1H3. The molecule has 1 aliphatic rings. The van der Waals surface area contributed by atoms with Crippen LogP contribution in [0.3, 0.4) is 0 Å². The SMILES string of the molecule is COC1(CN)CCc2cc(Br)ccc2C1. The second kappa shape index (κ2) is 4.24. The van der Waals surface area contributed by atoms with Crippen LogP contribution in [0.25, 0.3) is 0 Å². The Kier molecular flexibility index (Phi) is 3.14. The van der Waals surface area contributed by atoms with Gasteiger partial charge >= 0.3 is 0 Å². The van der Waals surface area contributed by atoms with Crippen LogP contribution in [0.1, 0.15) is 17.5 Å². The summed E-state index contributed by atoms with van der Waals surface area (Å²) in [5, 5.41) is 0. The lowest BCUT2D eigenvalue weighted by atomic mass is 9.80. The van der Waals surface area contributed by atoms with Crippen LogP contribution in [-0.2, 0) is 17.6 Å². The smallest absolute Gasteiger partial charge is 0.0843 e. The minimum atomic E-state index is -0.138. The maximum atomic E-state index is 5.80. The molecule has 1 unspecified atom stereocenters. The highest BCUT2D eigenvalue weighted by molar-refractivity contribution is 9.10. The van der Waals surface area contributed by atoms with Crippen LogP contribution in [-0.4, -0.2) is 19.3 Å². The van der Waals surface area contributed by atoms with E-state index in [2.05, 4.69) is 34.1 Å². The average Bonchev–Trinajstić information content (AvgIpc) is 2.28. The van der Waals surface area contributed by atoms with E-state index in [1.54, 1.807) is 7.11 Å². The van der Waals surface area contributed by atoms with E-state index in [1.807, 2.05) is 0 Å². The summed E-state index contributed by atoms with van der Waals surface area (Å²) in [6.07, 6.45) is 3.01. The third kappa shape index (κ3) is 2.10. The highest BCUT2D eigenvalue weighted by Gasteiger charge is 2.32. The van der Waals surface area contributed by atoms with Crippen LogP contribution in [0.4, 0.5) is 0 Å². The lowest BCUT2D eigenvalue weighted by Crippen LogP contribution is -2.44. The Bertz CT molecular complexity index is 361. The molecule has 1 aromatic rings. The molecule has 0 aromatic heterocycles. The molecule has 0 bridgehead atoms. The number of benzene rings is 1. The Labute approximate surface area is 98.9 Å². The number of aryl methyl sites for hydroxylation is 1. The number of nitrogens with two attached hydrogens (primary N) is 1. The van der Waals surface area contributed by atoms with Crippen LogP contribution in [0, 0.1) is 0 Å². The summed E-state index contributed by atoms with van der Waals surface area (Å²) in [7, 11) is 1.76. The molecular weight excluding hydrogens is 254 g/mol. The van der Waals surface area contributed by atoms with Crippen molar-refractivity contribution in [3.63, 3.8) is 0 Å². The van der Waals surface area contributed by atoms with Crippen molar-refractivity contribution in [3.8, 4) is 0 Å². The number of methoxy groups -OCH3 is 1. The highest BCUT2D eigenvalue weighted by Crippen LogP contribution is 2.31. The van der Waals surface area contributed by atoms with Crippen molar-refractivity contribution >= 4 is 15.9 Å². The first-order valence-electron chi connectivity index (χ1n) is 5.22. The summed E-state index contributed by atoms with van der Waals surface area (Å²) in [5.41, 5.74) is 8.46. The molecule has 0 radical (unpaired) electrons. The third-order valence-corrected chi connectivity index (χ3v) is 3.83. The highest BCUT2D eigenvalue weighted by atomic mass is 79.9. The number of ether oxygens (including phenoxy) is 1. The van der Waals surface area contributed by atoms with Crippen molar-refractivity contribution in [1.29, 1.82) is 0 Å². The lowest BCUT2D eigenvalue weighted by Gasteiger charge is -2.36. The van der Waals surface area contributed by atoms with Gasteiger partial charge in [0.2, 0.25) is 0 Å². The van der Waals surface area contributed by atoms with Gasteiger partial charge in [-0.15, -0.1) is 0 Å². The number of hydrogen-bond donors (Lipinski definition) is 1. The molecule has 15 heavy (non-hydrogen) atoms. The zero-order valence-corrected chi connectivity index (χ0v) is 10.5. The Balaban J connectivity index is 2.30. The predicted octanol–water partition coefficient (Wildman–Crippen LogP) is 2.28. The summed E-state index contributed by atoms with van der Waals surface area (Å²) in [6, 6.07) is 6.45. The Morgan fingerprint density at radius 1 is 1.47 bits per heavy atom. The van der Waals surface area contributed by atoms with Crippen molar-refractivity contribution in [2.45, 2.75) is 24.9 Å². The van der Waals surface area contributed by atoms with Crippen molar-refractivity contribution in [3.05, 3.63) is 33.8 Å². The quantitative estimate of drug-likeness (QED) is 0.894. The predicted molar refractivity (Wildman–Crippen MR) is 65.0 cm³/mol. The van der Waals surface area contributed by atoms with E-state index in [-0.39, 0.29) is 5.60 Å². The van der Waals surface area contributed by atoms with E-state index in [4.69, 9.17) is 10.5 Å². The third-order valence-electron chi connectivity index (χ3n) is 3.34. The Morgan fingerprint density at radius 2 is 2.27 bits per heavy atom. The van der Waals surface area contributed by atoms with Crippen LogP contribution < -0.4 is 5.73 Å². The van der Waals surface area contributed by atoms with E-state index in [1.165, 1.54) is 11.1 Å². The molecular formula is C12H16BrNO. The Hall–Kier alpha value is -0.380. The van der Waals surface area contributed by atoms with E-state index >= 15 is 0 Å². The van der Waals surface area contributed by atoms with Gasteiger partial charge < -0.3 is 10.5 Å². The number of fused-ring (bicyclic) bond motifs is 1. The minimum absolute atomic E-state index is 0.138. The van der Waals surface area contributed by atoms with E-state index in [0.717, 1.165) is 23.7 Å². The minimum Gasteiger partial charge on any atom is -0.377 e. The molecule has 0 spiro atoms. The normalized spacial score (nSPS) is 25.0. The molecule has 82 valence electrons. The average molecular weight is 270 g/mol. The van der Waals surface area contributed by atoms with Gasteiger partial charge in [-0.05, 0) is 36.1 Å². The first kappa shape index (κ1) is 11.1. The van der Waals surface area contributed by atoms with Gasteiger partial charge in [0.1, 0.15) is 0 Å². The van der Waals surface area contributed by atoms with Crippen LogP contribution in [0.5, 0.6) is 0 Å². The number of hydrogen-bond acceptors (Lipinski definition) is 2. The van der Waals surface area contributed by atoms with Crippen molar-refractivity contribution in [2.75, 3.05) is 13.7 Å². The van der Waals surface area contributed by atoms with Crippen LogP contribution in [0.2, 0.25) is 0 Å². The summed E-state index contributed by atoms with van der Waals surface area (Å²) in [6.45, 7) is 0.596. The zero-order chi connectivity index (χ0) is 10.9. The number of halogens is 1. The van der Waals surface area contributed by atoms with Gasteiger partial charge in [-0.2, -0.15) is 0 Å². The fourth-order valence-electron chi connectivity index (χ4n) is 2.23. The molecule has 2 rings (SSSR count). The van der Waals surface area contributed by atoms with Gasteiger partial charge in [0, 0.05) is 24.5 Å². The van der Waals surface area contributed by atoms with Gasteiger partial charge in [0.25, 0.3) is 0 Å². The molecule has 2 nitrogen and oxygen atoms in total. The largest absolute Gasteiger partial charge is 0.377 e.